The summed E-state index contributed by atoms with van der Waals surface area (Å²) in [6.45, 7) is 4.27. The van der Waals surface area contributed by atoms with E-state index in [1.165, 1.54) is 6.33 Å². The number of rotatable bonds is 4. The Labute approximate surface area is 77.1 Å². The van der Waals surface area contributed by atoms with Crippen LogP contribution in [0.15, 0.2) is 6.33 Å². The van der Waals surface area contributed by atoms with Crippen molar-refractivity contribution in [2.45, 2.75) is 19.1 Å². The summed E-state index contributed by atoms with van der Waals surface area (Å²) in [6.07, 6.45) is 1.50. The summed E-state index contributed by atoms with van der Waals surface area (Å²) >= 11 is 1.77. The van der Waals surface area contributed by atoms with Crippen molar-refractivity contribution in [2.75, 3.05) is 7.11 Å². The van der Waals surface area contributed by atoms with Gasteiger partial charge < -0.3 is 4.52 Å². The first-order valence-corrected chi connectivity index (χ1v) is 6.35. The van der Waals surface area contributed by atoms with Gasteiger partial charge in [0.25, 0.3) is 0 Å². The maximum atomic E-state index is 5.30. The van der Waals surface area contributed by atoms with Crippen molar-refractivity contribution in [3.8, 4) is 0 Å². The third-order valence-corrected chi connectivity index (χ3v) is 5.36. The molecule has 1 heterocycles. The number of nitrogens with zero attached hydrogens (tertiary/aromatic N) is 2. The molecule has 1 unspecified atom stereocenters. The second-order valence-electron chi connectivity index (χ2n) is 2.40. The van der Waals surface area contributed by atoms with Crippen LogP contribution in [-0.2, 0) is 4.52 Å². The van der Waals surface area contributed by atoms with Gasteiger partial charge in [-0.25, -0.2) is 4.98 Å². The molecule has 0 aliphatic carbocycles. The van der Waals surface area contributed by atoms with Gasteiger partial charge in [0.15, 0.2) is 12.9 Å². The lowest BCUT2D eigenvalue weighted by molar-refractivity contribution is 0.477. The molecule has 1 N–H and O–H groups in total. The van der Waals surface area contributed by atoms with Crippen molar-refractivity contribution in [2.24, 2.45) is 0 Å². The van der Waals surface area contributed by atoms with E-state index in [2.05, 4.69) is 29.0 Å². The number of aromatic amines is 1. The van der Waals surface area contributed by atoms with Gasteiger partial charge in [-0.1, -0.05) is 25.2 Å². The second-order valence-corrected chi connectivity index (χ2v) is 6.49. The summed E-state index contributed by atoms with van der Waals surface area (Å²) in [4.78, 5) is 4.06. The van der Waals surface area contributed by atoms with E-state index in [1.54, 1.807) is 18.5 Å². The Morgan fingerprint density at radius 1 is 1.67 bits per heavy atom. The predicted molar refractivity (Wildman–Crippen MR) is 52.7 cm³/mol. The fourth-order valence-electron chi connectivity index (χ4n) is 0.658. The van der Waals surface area contributed by atoms with E-state index in [-0.39, 0.29) is 0 Å². The molecule has 4 nitrogen and oxygen atoms in total. The van der Waals surface area contributed by atoms with E-state index in [4.69, 9.17) is 4.52 Å². The van der Waals surface area contributed by atoms with Gasteiger partial charge in [-0.15, -0.1) is 0 Å². The average molecular weight is 205 g/mol. The Balaban J connectivity index is 2.57. The van der Waals surface area contributed by atoms with Gasteiger partial charge in [0.05, 0.1) is 0 Å². The van der Waals surface area contributed by atoms with Crippen LogP contribution < -0.4 is 5.57 Å². The van der Waals surface area contributed by atoms with Crippen LogP contribution >= 0.6 is 18.7 Å². The van der Waals surface area contributed by atoms with E-state index in [9.17, 15) is 0 Å². The van der Waals surface area contributed by atoms with E-state index < -0.39 is 7.35 Å². The first kappa shape index (κ1) is 9.96. The minimum atomic E-state index is -0.668. The van der Waals surface area contributed by atoms with E-state index in [1.807, 2.05) is 0 Å². The number of nitrogens with one attached hydrogen (secondary N) is 1. The Hall–Kier alpha value is -0.120. The summed E-state index contributed by atoms with van der Waals surface area (Å²) in [5.74, 6) is 0. The lowest BCUT2D eigenvalue weighted by Gasteiger charge is -2.12. The van der Waals surface area contributed by atoms with Crippen LogP contribution in [0.3, 0.4) is 0 Å². The smallest absolute Gasteiger partial charge is 0.185 e. The van der Waals surface area contributed by atoms with Gasteiger partial charge in [0, 0.05) is 12.4 Å². The van der Waals surface area contributed by atoms with Crippen LogP contribution in [0.4, 0.5) is 0 Å². The van der Waals surface area contributed by atoms with E-state index in [0.29, 0.717) is 5.25 Å². The maximum absolute atomic E-state index is 5.30. The second kappa shape index (κ2) is 4.80. The SMILES string of the molecule is COP(SC(C)C)c1ncn[nH]1. The van der Waals surface area contributed by atoms with Crippen molar-refractivity contribution in [3.05, 3.63) is 6.33 Å². The topological polar surface area (TPSA) is 50.8 Å². The molecule has 0 aliphatic heterocycles. The summed E-state index contributed by atoms with van der Waals surface area (Å²) in [5, 5.41) is 7.14. The molecule has 0 aliphatic rings. The van der Waals surface area contributed by atoms with Crippen LogP contribution in [-0.4, -0.2) is 27.5 Å². The summed E-state index contributed by atoms with van der Waals surface area (Å²) in [6, 6.07) is 0. The average Bonchev–Trinajstić information content (AvgIpc) is 2.51. The molecule has 0 saturated heterocycles. The number of H-pyrrole nitrogens is 1. The molecule has 0 radical (unpaired) electrons. The lowest BCUT2D eigenvalue weighted by atomic mass is 10.6. The fraction of sp³-hybridized carbons (Fsp3) is 0.667. The van der Waals surface area contributed by atoms with Gasteiger partial charge in [-0.05, 0) is 0 Å². The molecule has 0 saturated carbocycles. The van der Waals surface area contributed by atoms with Crippen LogP contribution in [0, 0.1) is 0 Å². The molecular weight excluding hydrogens is 193 g/mol. The van der Waals surface area contributed by atoms with Crippen LogP contribution in [0.1, 0.15) is 13.8 Å². The molecule has 1 aromatic rings. The predicted octanol–water partition coefficient (Wildman–Crippen LogP) is 1.53. The molecule has 1 rings (SSSR count). The molecule has 0 amide bonds. The fourth-order valence-corrected chi connectivity index (χ4v) is 3.66. The summed E-state index contributed by atoms with van der Waals surface area (Å²) in [5.41, 5.74) is 0.839. The third-order valence-electron chi connectivity index (χ3n) is 1.05. The molecule has 6 heteroatoms. The number of aromatic nitrogens is 3. The van der Waals surface area contributed by atoms with E-state index in [0.717, 1.165) is 5.57 Å². The quantitative estimate of drug-likeness (QED) is 0.757. The monoisotopic (exact) mass is 205 g/mol. The Bertz CT molecular complexity index is 217. The number of hydrogen-bond donors (Lipinski definition) is 1. The largest absolute Gasteiger partial charge is 0.345 e. The zero-order valence-electron chi connectivity index (χ0n) is 7.31. The molecule has 0 aromatic carbocycles. The van der Waals surface area contributed by atoms with Gasteiger partial charge in [-0.3, -0.25) is 5.10 Å². The summed E-state index contributed by atoms with van der Waals surface area (Å²) < 4.78 is 5.30. The van der Waals surface area contributed by atoms with Crippen molar-refractivity contribution in [1.29, 1.82) is 0 Å². The van der Waals surface area contributed by atoms with Crippen molar-refractivity contribution < 1.29 is 4.52 Å². The summed E-state index contributed by atoms with van der Waals surface area (Å²) in [7, 11) is 1.03. The Morgan fingerprint density at radius 3 is 2.83 bits per heavy atom. The molecule has 1 aromatic heterocycles. The molecular formula is C6H12N3OPS. The first-order valence-electron chi connectivity index (χ1n) is 3.60. The van der Waals surface area contributed by atoms with Crippen LogP contribution in [0.2, 0.25) is 0 Å². The molecule has 0 fully saturated rings. The first-order chi connectivity index (χ1) is 5.74. The van der Waals surface area contributed by atoms with E-state index >= 15 is 0 Å². The van der Waals surface area contributed by atoms with Crippen molar-refractivity contribution >= 4 is 24.3 Å². The molecule has 0 spiro atoms. The Kier molecular flexibility index (Phi) is 3.98. The standard InChI is InChI=1S/C6H12N3OPS/c1-5(2)12-11(10-3)6-7-4-8-9-6/h4-5H,1-3H3,(H,7,8,9). The lowest BCUT2D eigenvalue weighted by Crippen LogP contribution is -2.06. The highest BCUT2D eigenvalue weighted by molar-refractivity contribution is 8.56. The highest BCUT2D eigenvalue weighted by atomic mass is 32.7. The third kappa shape index (κ3) is 2.73. The number of hydrogen-bond acceptors (Lipinski definition) is 4. The highest BCUT2D eigenvalue weighted by Crippen LogP contribution is 2.49. The zero-order chi connectivity index (χ0) is 8.97. The van der Waals surface area contributed by atoms with Gasteiger partial charge in [0.1, 0.15) is 6.33 Å². The van der Waals surface area contributed by atoms with Gasteiger partial charge >= 0.3 is 0 Å². The van der Waals surface area contributed by atoms with Gasteiger partial charge in [0.2, 0.25) is 0 Å². The van der Waals surface area contributed by atoms with Crippen LogP contribution in [0.25, 0.3) is 0 Å². The normalized spacial score (nSPS) is 13.7. The molecule has 68 valence electrons. The van der Waals surface area contributed by atoms with Crippen molar-refractivity contribution in [3.63, 3.8) is 0 Å². The maximum Gasteiger partial charge on any atom is 0.185 e. The zero-order valence-corrected chi connectivity index (χ0v) is 9.02. The van der Waals surface area contributed by atoms with Gasteiger partial charge in [-0.2, -0.15) is 5.10 Å². The van der Waals surface area contributed by atoms with Crippen molar-refractivity contribution in [1.82, 2.24) is 15.2 Å². The molecule has 12 heavy (non-hydrogen) atoms. The Morgan fingerprint density at radius 2 is 2.42 bits per heavy atom. The molecule has 0 bridgehead atoms. The molecule has 1 atom stereocenters. The highest BCUT2D eigenvalue weighted by Gasteiger charge is 2.15. The minimum absolute atomic E-state index is 0.543. The van der Waals surface area contributed by atoms with Crippen LogP contribution in [0.5, 0.6) is 0 Å². The minimum Gasteiger partial charge on any atom is -0.345 e.